The van der Waals surface area contributed by atoms with Crippen LogP contribution in [0.15, 0.2) is 0 Å². The van der Waals surface area contributed by atoms with Crippen LogP contribution in [0.25, 0.3) is 0 Å². The average Bonchev–Trinajstić information content (AvgIpc) is 1.63. The van der Waals surface area contributed by atoms with Gasteiger partial charge in [-0.1, -0.05) is 6.92 Å². The Hall–Kier alpha value is -0.0800. The van der Waals surface area contributed by atoms with Crippen LogP contribution in [0, 0.1) is 5.92 Å². The molecule has 0 aromatic rings. The lowest BCUT2D eigenvalue weighted by Crippen LogP contribution is -2.17. The van der Waals surface area contributed by atoms with Gasteiger partial charge in [-0.15, -0.1) is 0 Å². The fraction of sp³-hybridized carbons (Fsp3) is 1.00. The van der Waals surface area contributed by atoms with Crippen molar-refractivity contribution in [2.24, 2.45) is 5.92 Å². The zero-order valence-electron chi connectivity index (χ0n) is 6.33. The van der Waals surface area contributed by atoms with E-state index in [1.54, 1.807) is 13.8 Å². The molecule has 0 unspecified atom stereocenters. The molecule has 0 saturated heterocycles. The smallest absolute Gasteiger partial charge is 0.0538 e. The van der Waals surface area contributed by atoms with Crippen LogP contribution in [-0.2, 0) is 0 Å². The molecule has 0 aliphatic carbocycles. The number of hydrogen-bond donors (Lipinski definition) is 2. The van der Waals surface area contributed by atoms with Gasteiger partial charge in [0.15, 0.2) is 0 Å². The first kappa shape index (κ1) is 8.92. The van der Waals surface area contributed by atoms with E-state index in [-0.39, 0.29) is 18.1 Å². The van der Waals surface area contributed by atoms with Crippen molar-refractivity contribution in [1.82, 2.24) is 0 Å². The summed E-state index contributed by atoms with van der Waals surface area (Å²) in [4.78, 5) is 0. The van der Waals surface area contributed by atoms with Gasteiger partial charge < -0.3 is 10.2 Å². The van der Waals surface area contributed by atoms with Crippen molar-refractivity contribution in [3.63, 3.8) is 0 Å². The van der Waals surface area contributed by atoms with Crippen LogP contribution >= 0.6 is 0 Å². The molecule has 0 spiro atoms. The second-order valence-corrected chi connectivity index (χ2v) is 2.80. The van der Waals surface area contributed by atoms with E-state index in [9.17, 15) is 0 Å². The van der Waals surface area contributed by atoms with Gasteiger partial charge >= 0.3 is 0 Å². The van der Waals surface area contributed by atoms with E-state index in [4.69, 9.17) is 10.2 Å². The highest BCUT2D eigenvalue weighted by atomic mass is 16.3. The number of rotatable bonds is 3. The lowest BCUT2D eigenvalue weighted by Gasteiger charge is -2.15. The minimum atomic E-state index is -0.306. The fourth-order valence-electron chi connectivity index (χ4n) is 0.735. The van der Waals surface area contributed by atoms with Gasteiger partial charge in [0.25, 0.3) is 0 Å². The Kier molecular flexibility index (Phi) is 3.82. The summed E-state index contributed by atoms with van der Waals surface area (Å²) in [6.07, 6.45) is 0.0756. The van der Waals surface area contributed by atoms with Crippen LogP contribution in [0.3, 0.4) is 0 Å². The van der Waals surface area contributed by atoms with Crippen LogP contribution < -0.4 is 0 Å². The van der Waals surface area contributed by atoms with Crippen molar-refractivity contribution in [2.45, 2.75) is 39.4 Å². The third-order valence-electron chi connectivity index (χ3n) is 1.54. The highest BCUT2D eigenvalue weighted by Gasteiger charge is 2.10. The Morgan fingerprint density at radius 3 is 1.67 bits per heavy atom. The molecule has 0 fully saturated rings. The Labute approximate surface area is 56.5 Å². The average molecular weight is 132 g/mol. The summed E-state index contributed by atoms with van der Waals surface area (Å²) in [5, 5.41) is 17.8. The molecule has 0 aliphatic rings. The molecule has 0 aromatic carbocycles. The van der Waals surface area contributed by atoms with E-state index >= 15 is 0 Å². The first-order valence-corrected chi connectivity index (χ1v) is 3.40. The maximum Gasteiger partial charge on any atom is 0.0538 e. The summed E-state index contributed by atoms with van der Waals surface area (Å²) >= 11 is 0. The first-order chi connectivity index (χ1) is 4.04. The third kappa shape index (κ3) is 4.43. The van der Waals surface area contributed by atoms with Crippen molar-refractivity contribution in [1.29, 1.82) is 0 Å². The van der Waals surface area contributed by atoms with Crippen molar-refractivity contribution < 1.29 is 10.2 Å². The molecule has 0 rings (SSSR count). The summed E-state index contributed by atoms with van der Waals surface area (Å²) in [6, 6.07) is 0. The van der Waals surface area contributed by atoms with Crippen molar-refractivity contribution in [3.05, 3.63) is 0 Å². The van der Waals surface area contributed by atoms with E-state index < -0.39 is 0 Å². The first-order valence-electron chi connectivity index (χ1n) is 3.40. The fourth-order valence-corrected chi connectivity index (χ4v) is 0.735. The zero-order valence-corrected chi connectivity index (χ0v) is 6.33. The second kappa shape index (κ2) is 3.85. The third-order valence-corrected chi connectivity index (χ3v) is 1.54. The Balaban J connectivity index is 3.38. The van der Waals surface area contributed by atoms with E-state index in [1.165, 1.54) is 0 Å². The van der Waals surface area contributed by atoms with Crippen LogP contribution in [0.4, 0.5) is 0 Å². The van der Waals surface area contributed by atoms with Crippen molar-refractivity contribution in [3.8, 4) is 0 Å². The van der Waals surface area contributed by atoms with Gasteiger partial charge in [0, 0.05) is 0 Å². The Morgan fingerprint density at radius 1 is 1.11 bits per heavy atom. The van der Waals surface area contributed by atoms with Crippen molar-refractivity contribution >= 4 is 0 Å². The molecule has 0 saturated carbocycles. The molecule has 56 valence electrons. The molecule has 0 bridgehead atoms. The normalized spacial score (nSPS) is 21.0. The van der Waals surface area contributed by atoms with Gasteiger partial charge in [-0.05, 0) is 26.2 Å². The van der Waals surface area contributed by atoms with E-state index in [2.05, 4.69) is 0 Å². The van der Waals surface area contributed by atoms with Crippen LogP contribution in [-0.4, -0.2) is 22.4 Å². The van der Waals surface area contributed by atoms with Gasteiger partial charge in [-0.2, -0.15) is 0 Å². The van der Waals surface area contributed by atoms with Crippen LogP contribution in [0.1, 0.15) is 27.2 Å². The molecule has 0 radical (unpaired) electrons. The number of aliphatic hydroxyl groups excluding tert-OH is 2. The predicted octanol–water partition coefficient (Wildman–Crippen LogP) is 0.774. The topological polar surface area (TPSA) is 40.5 Å². The van der Waals surface area contributed by atoms with Gasteiger partial charge in [0.2, 0.25) is 0 Å². The molecular weight excluding hydrogens is 116 g/mol. The second-order valence-electron chi connectivity index (χ2n) is 2.80. The van der Waals surface area contributed by atoms with E-state index in [0.717, 1.165) is 0 Å². The van der Waals surface area contributed by atoms with Gasteiger partial charge in [-0.3, -0.25) is 0 Å². The quantitative estimate of drug-likeness (QED) is 0.595. The summed E-state index contributed by atoms with van der Waals surface area (Å²) in [5.74, 6) is 0.199. The lowest BCUT2D eigenvalue weighted by atomic mass is 10.00. The van der Waals surface area contributed by atoms with Gasteiger partial charge in [0.1, 0.15) is 0 Å². The molecule has 3 atom stereocenters. The Bertz CT molecular complexity index is 69.3. The maximum absolute atomic E-state index is 8.96. The standard InChI is InChI=1S/C7H16O2/c1-5(7(3)9)4-6(2)8/h5-9H,4H2,1-3H3/t5-,6+,7-/m0/s1. The van der Waals surface area contributed by atoms with Gasteiger partial charge in [0.05, 0.1) is 12.2 Å². The predicted molar refractivity (Wildman–Crippen MR) is 37.1 cm³/mol. The van der Waals surface area contributed by atoms with Crippen molar-refractivity contribution in [2.75, 3.05) is 0 Å². The largest absolute Gasteiger partial charge is 0.393 e. The summed E-state index contributed by atoms with van der Waals surface area (Å²) < 4.78 is 0. The molecular formula is C7H16O2. The van der Waals surface area contributed by atoms with E-state index in [1.807, 2.05) is 6.92 Å². The molecule has 0 amide bonds. The monoisotopic (exact) mass is 132 g/mol. The highest BCUT2D eigenvalue weighted by molar-refractivity contribution is 4.61. The van der Waals surface area contributed by atoms with Crippen LogP contribution in [0.5, 0.6) is 0 Å². The molecule has 2 nitrogen and oxygen atoms in total. The molecule has 0 aliphatic heterocycles. The summed E-state index contributed by atoms with van der Waals surface area (Å²) in [5.41, 5.74) is 0. The SMILES string of the molecule is C[C@H](O)[C@@H](C)C[C@@H](C)O. The van der Waals surface area contributed by atoms with Crippen LogP contribution in [0.2, 0.25) is 0 Å². The Morgan fingerprint density at radius 2 is 1.56 bits per heavy atom. The highest BCUT2D eigenvalue weighted by Crippen LogP contribution is 2.09. The van der Waals surface area contributed by atoms with E-state index in [0.29, 0.717) is 6.42 Å². The summed E-state index contributed by atoms with van der Waals surface area (Å²) in [6.45, 7) is 5.41. The molecule has 2 heteroatoms. The number of hydrogen-bond acceptors (Lipinski definition) is 2. The zero-order chi connectivity index (χ0) is 7.44. The molecule has 0 heterocycles. The molecule has 9 heavy (non-hydrogen) atoms. The lowest BCUT2D eigenvalue weighted by molar-refractivity contribution is 0.0876. The summed E-state index contributed by atoms with van der Waals surface area (Å²) in [7, 11) is 0. The minimum Gasteiger partial charge on any atom is -0.393 e. The molecule has 0 aromatic heterocycles. The minimum absolute atomic E-state index is 0.199. The molecule has 2 N–H and O–H groups in total. The maximum atomic E-state index is 8.96. The van der Waals surface area contributed by atoms with Gasteiger partial charge in [-0.25, -0.2) is 0 Å². The number of aliphatic hydroxyl groups is 2.